The highest BCUT2D eigenvalue weighted by Gasteiger charge is 2.22. The van der Waals surface area contributed by atoms with E-state index in [1.54, 1.807) is 60.9 Å². The van der Waals surface area contributed by atoms with Crippen molar-refractivity contribution in [3.8, 4) is 11.5 Å². The van der Waals surface area contributed by atoms with Gasteiger partial charge in [-0.3, -0.25) is 14.7 Å². The Morgan fingerprint density at radius 3 is 2.50 bits per heavy atom. The summed E-state index contributed by atoms with van der Waals surface area (Å²) >= 11 is 0. The van der Waals surface area contributed by atoms with Crippen LogP contribution in [0, 0.1) is 0 Å². The molecule has 0 bridgehead atoms. The molecule has 0 fully saturated rings. The van der Waals surface area contributed by atoms with Gasteiger partial charge >= 0.3 is 6.09 Å². The summed E-state index contributed by atoms with van der Waals surface area (Å²) in [6.45, 7) is 0.111. The van der Waals surface area contributed by atoms with Gasteiger partial charge in [0.25, 0.3) is 0 Å². The van der Waals surface area contributed by atoms with Crippen molar-refractivity contribution in [3.63, 3.8) is 0 Å². The van der Waals surface area contributed by atoms with E-state index >= 15 is 0 Å². The number of carbonyl (C=O) groups excluding carboxylic acids is 2. The SMILES string of the molecule is COc1ccc(O)c(N(Cc2ccc(C(N)=O)cc2)C(=O)OCc2cccnc2)c1. The summed E-state index contributed by atoms with van der Waals surface area (Å²) < 4.78 is 10.6. The fourth-order valence-electron chi connectivity index (χ4n) is 2.76. The summed E-state index contributed by atoms with van der Waals surface area (Å²) in [6.07, 6.45) is 2.56. The van der Waals surface area contributed by atoms with E-state index in [9.17, 15) is 14.7 Å². The number of hydrogen-bond donors (Lipinski definition) is 2. The summed E-state index contributed by atoms with van der Waals surface area (Å²) in [4.78, 5) is 29.5. The largest absolute Gasteiger partial charge is 0.506 e. The third kappa shape index (κ3) is 5.05. The number of aromatic hydroxyl groups is 1. The van der Waals surface area contributed by atoms with Gasteiger partial charge in [-0.1, -0.05) is 18.2 Å². The van der Waals surface area contributed by atoms with E-state index in [0.717, 1.165) is 5.56 Å². The van der Waals surface area contributed by atoms with Crippen LogP contribution < -0.4 is 15.4 Å². The van der Waals surface area contributed by atoms with E-state index in [4.69, 9.17) is 15.2 Å². The molecule has 154 valence electrons. The number of phenolic OH excluding ortho intramolecular Hbond substituents is 1. The number of carbonyl (C=O) groups is 2. The Balaban J connectivity index is 1.87. The van der Waals surface area contributed by atoms with Crippen LogP contribution in [-0.4, -0.2) is 29.2 Å². The Morgan fingerprint density at radius 1 is 1.10 bits per heavy atom. The van der Waals surface area contributed by atoms with Crippen molar-refractivity contribution in [3.05, 3.63) is 83.7 Å². The van der Waals surface area contributed by atoms with Crippen LogP contribution in [-0.2, 0) is 17.9 Å². The Hall–Kier alpha value is -4.07. The summed E-state index contributed by atoms with van der Waals surface area (Å²) in [5.41, 5.74) is 7.29. The molecule has 8 heteroatoms. The minimum absolute atomic E-state index is 0.0223. The molecule has 0 saturated carbocycles. The number of amides is 2. The Kier molecular flexibility index (Phi) is 6.49. The summed E-state index contributed by atoms with van der Waals surface area (Å²) in [5, 5.41) is 10.4. The van der Waals surface area contributed by atoms with E-state index in [1.807, 2.05) is 0 Å². The molecule has 3 rings (SSSR count). The van der Waals surface area contributed by atoms with Gasteiger partial charge in [0.15, 0.2) is 0 Å². The van der Waals surface area contributed by atoms with Crippen LogP contribution in [0.3, 0.4) is 0 Å². The molecule has 0 unspecified atom stereocenters. The number of nitrogens with two attached hydrogens (primary N) is 1. The quantitative estimate of drug-likeness (QED) is 0.621. The number of nitrogens with zero attached hydrogens (tertiary/aromatic N) is 2. The van der Waals surface area contributed by atoms with Gasteiger partial charge in [-0.25, -0.2) is 4.79 Å². The molecule has 1 aromatic heterocycles. The zero-order chi connectivity index (χ0) is 21.5. The maximum Gasteiger partial charge on any atom is 0.415 e. The van der Waals surface area contributed by atoms with Crippen LogP contribution in [0.1, 0.15) is 21.5 Å². The first-order chi connectivity index (χ1) is 14.5. The molecule has 0 saturated heterocycles. The number of pyridine rings is 1. The van der Waals surface area contributed by atoms with Crippen LogP contribution in [0.15, 0.2) is 67.0 Å². The molecule has 30 heavy (non-hydrogen) atoms. The minimum atomic E-state index is -0.665. The number of rotatable bonds is 7. The maximum absolute atomic E-state index is 12.9. The van der Waals surface area contributed by atoms with Gasteiger partial charge in [0, 0.05) is 29.6 Å². The predicted molar refractivity (Wildman–Crippen MR) is 110 cm³/mol. The fraction of sp³-hybridized carbons (Fsp3) is 0.136. The lowest BCUT2D eigenvalue weighted by molar-refractivity contribution is 0.1000. The summed E-state index contributed by atoms with van der Waals surface area (Å²) in [7, 11) is 1.49. The zero-order valence-corrected chi connectivity index (χ0v) is 16.3. The Morgan fingerprint density at radius 2 is 1.87 bits per heavy atom. The van der Waals surface area contributed by atoms with Crippen molar-refractivity contribution in [2.24, 2.45) is 5.73 Å². The number of ether oxygens (including phenoxy) is 2. The second kappa shape index (κ2) is 9.42. The molecule has 2 aromatic carbocycles. The van der Waals surface area contributed by atoms with Crippen LogP contribution in [0.25, 0.3) is 0 Å². The van der Waals surface area contributed by atoms with E-state index < -0.39 is 12.0 Å². The predicted octanol–water partition coefficient (Wildman–Crippen LogP) is 3.24. The molecular formula is C22H21N3O5. The topological polar surface area (TPSA) is 115 Å². The van der Waals surface area contributed by atoms with Crippen LogP contribution in [0.2, 0.25) is 0 Å². The second-order valence-corrected chi connectivity index (χ2v) is 6.42. The molecule has 0 aliphatic carbocycles. The number of aromatic nitrogens is 1. The van der Waals surface area contributed by atoms with Crippen molar-refractivity contribution in [1.82, 2.24) is 4.98 Å². The lowest BCUT2D eigenvalue weighted by atomic mass is 10.1. The van der Waals surface area contributed by atoms with E-state index in [0.29, 0.717) is 16.9 Å². The molecule has 3 aromatic rings. The minimum Gasteiger partial charge on any atom is -0.506 e. The summed E-state index contributed by atoms with van der Waals surface area (Å²) in [5.74, 6) is -0.181. The molecule has 8 nitrogen and oxygen atoms in total. The lowest BCUT2D eigenvalue weighted by Crippen LogP contribution is -2.31. The Labute approximate surface area is 173 Å². The smallest absolute Gasteiger partial charge is 0.415 e. The number of anilines is 1. The molecule has 0 atom stereocenters. The van der Waals surface area contributed by atoms with E-state index in [1.165, 1.54) is 18.1 Å². The van der Waals surface area contributed by atoms with Crippen molar-refractivity contribution < 1.29 is 24.2 Å². The highest BCUT2D eigenvalue weighted by Crippen LogP contribution is 2.33. The molecule has 2 amide bonds. The standard InChI is InChI=1S/C22H21N3O5/c1-29-18-8-9-20(26)19(11-18)25(13-15-4-6-17(7-5-15)21(23)27)22(28)30-14-16-3-2-10-24-12-16/h2-12,26H,13-14H2,1H3,(H2,23,27). The monoisotopic (exact) mass is 407 g/mol. The first kappa shape index (κ1) is 20.7. The van der Waals surface area contributed by atoms with Gasteiger partial charge in [0.1, 0.15) is 18.1 Å². The fourth-order valence-corrected chi connectivity index (χ4v) is 2.76. The van der Waals surface area contributed by atoms with Crippen LogP contribution in [0.4, 0.5) is 10.5 Å². The van der Waals surface area contributed by atoms with Crippen molar-refractivity contribution in [2.45, 2.75) is 13.2 Å². The molecule has 1 heterocycles. The maximum atomic E-state index is 12.9. The van der Waals surface area contributed by atoms with Gasteiger partial charge in [-0.15, -0.1) is 0 Å². The molecule has 3 N–H and O–H groups in total. The molecule has 0 aliphatic rings. The third-order valence-corrected chi connectivity index (χ3v) is 4.36. The molecular weight excluding hydrogens is 386 g/mol. The number of phenols is 1. The first-order valence-corrected chi connectivity index (χ1v) is 9.07. The normalized spacial score (nSPS) is 10.3. The van der Waals surface area contributed by atoms with Crippen LogP contribution in [0.5, 0.6) is 11.5 Å². The third-order valence-electron chi connectivity index (χ3n) is 4.36. The average molecular weight is 407 g/mol. The van der Waals surface area contributed by atoms with Gasteiger partial charge in [0.2, 0.25) is 5.91 Å². The van der Waals surface area contributed by atoms with Gasteiger partial charge in [0.05, 0.1) is 19.3 Å². The number of hydrogen-bond acceptors (Lipinski definition) is 6. The Bertz CT molecular complexity index is 1020. The van der Waals surface area contributed by atoms with Crippen LogP contribution >= 0.6 is 0 Å². The highest BCUT2D eigenvalue weighted by atomic mass is 16.6. The van der Waals surface area contributed by atoms with Crippen molar-refractivity contribution >= 4 is 17.7 Å². The molecule has 0 radical (unpaired) electrons. The zero-order valence-electron chi connectivity index (χ0n) is 16.3. The lowest BCUT2D eigenvalue weighted by Gasteiger charge is -2.24. The van der Waals surface area contributed by atoms with E-state index in [-0.39, 0.29) is 24.6 Å². The molecule has 0 spiro atoms. The number of primary amides is 1. The number of benzene rings is 2. The van der Waals surface area contributed by atoms with Crippen molar-refractivity contribution in [2.75, 3.05) is 12.0 Å². The van der Waals surface area contributed by atoms with Crippen molar-refractivity contribution in [1.29, 1.82) is 0 Å². The number of methoxy groups -OCH3 is 1. The average Bonchev–Trinajstić information content (AvgIpc) is 2.77. The van der Waals surface area contributed by atoms with Gasteiger partial charge in [-0.2, -0.15) is 0 Å². The van der Waals surface area contributed by atoms with E-state index in [2.05, 4.69) is 4.98 Å². The van der Waals surface area contributed by atoms with Gasteiger partial charge < -0.3 is 20.3 Å². The highest BCUT2D eigenvalue weighted by molar-refractivity contribution is 5.93. The van der Waals surface area contributed by atoms with Gasteiger partial charge in [-0.05, 0) is 35.9 Å². The second-order valence-electron chi connectivity index (χ2n) is 6.42. The first-order valence-electron chi connectivity index (χ1n) is 9.07. The molecule has 0 aliphatic heterocycles. The summed E-state index contributed by atoms with van der Waals surface area (Å²) in [6, 6.07) is 14.6.